The normalized spacial score (nSPS) is 17.5. The molecule has 114 valence electrons. The summed E-state index contributed by atoms with van der Waals surface area (Å²) in [7, 11) is 0. The van der Waals surface area contributed by atoms with Crippen molar-refractivity contribution in [2.75, 3.05) is 16.9 Å². The molecule has 1 saturated heterocycles. The van der Waals surface area contributed by atoms with Crippen LogP contribution in [-0.2, 0) is 16.0 Å². The van der Waals surface area contributed by atoms with Gasteiger partial charge in [-0.15, -0.1) is 11.8 Å². The van der Waals surface area contributed by atoms with Crippen molar-refractivity contribution < 1.29 is 14.0 Å². The molecule has 0 spiro atoms. The zero-order chi connectivity index (χ0) is 15.4. The van der Waals surface area contributed by atoms with Crippen molar-refractivity contribution in [1.29, 1.82) is 0 Å². The van der Waals surface area contributed by atoms with Crippen LogP contribution in [0.4, 0.5) is 5.69 Å². The molecule has 0 aliphatic carbocycles. The molecule has 2 amide bonds. The van der Waals surface area contributed by atoms with Gasteiger partial charge in [0.25, 0.3) is 0 Å². The predicted octanol–water partition coefficient (Wildman–Crippen LogP) is 2.36. The second-order valence-corrected chi connectivity index (χ2v) is 6.04. The second kappa shape index (κ2) is 6.70. The molecule has 5 nitrogen and oxygen atoms in total. The third-order valence-corrected chi connectivity index (χ3v) is 4.49. The van der Waals surface area contributed by atoms with Crippen molar-refractivity contribution in [2.45, 2.75) is 12.5 Å². The lowest BCUT2D eigenvalue weighted by Gasteiger charge is -2.23. The Bertz CT molecular complexity index is 643. The van der Waals surface area contributed by atoms with Gasteiger partial charge in [-0.25, -0.2) is 0 Å². The number of thioether (sulfide) groups is 1. The van der Waals surface area contributed by atoms with Gasteiger partial charge in [0.05, 0.1) is 24.8 Å². The van der Waals surface area contributed by atoms with Crippen LogP contribution in [0.5, 0.6) is 0 Å². The van der Waals surface area contributed by atoms with Crippen LogP contribution in [0.2, 0.25) is 0 Å². The minimum Gasteiger partial charge on any atom is -0.472 e. The van der Waals surface area contributed by atoms with Crippen LogP contribution in [0.25, 0.3) is 0 Å². The number of para-hydroxylation sites is 1. The Kier molecular flexibility index (Phi) is 4.48. The molecule has 1 aromatic heterocycles. The Balaban J connectivity index is 1.64. The first-order valence-corrected chi connectivity index (χ1v) is 8.14. The number of benzene rings is 1. The number of hydrogen-bond donors (Lipinski definition) is 1. The molecule has 6 heteroatoms. The summed E-state index contributed by atoms with van der Waals surface area (Å²) in [5.74, 6) is 0.968. The van der Waals surface area contributed by atoms with Gasteiger partial charge in [0.15, 0.2) is 0 Å². The number of carbonyl (C=O) groups excluding carboxylic acids is 2. The van der Waals surface area contributed by atoms with E-state index in [0.717, 1.165) is 11.3 Å². The number of furan rings is 1. The highest BCUT2D eigenvalue weighted by Crippen LogP contribution is 2.23. The average Bonchev–Trinajstić information content (AvgIpc) is 3.19. The Morgan fingerprint density at radius 3 is 2.82 bits per heavy atom. The fraction of sp³-hybridized carbons (Fsp3) is 0.250. The molecule has 0 bridgehead atoms. The van der Waals surface area contributed by atoms with Gasteiger partial charge in [-0.3, -0.25) is 9.59 Å². The smallest absolute Gasteiger partial charge is 0.248 e. The lowest BCUT2D eigenvalue weighted by atomic mass is 10.2. The van der Waals surface area contributed by atoms with E-state index in [-0.39, 0.29) is 18.2 Å². The molecule has 2 heterocycles. The fourth-order valence-electron chi connectivity index (χ4n) is 2.32. The maximum atomic E-state index is 12.4. The van der Waals surface area contributed by atoms with Crippen LogP contribution in [0, 0.1) is 0 Å². The van der Waals surface area contributed by atoms with Crippen molar-refractivity contribution in [3.05, 3.63) is 54.5 Å². The van der Waals surface area contributed by atoms with E-state index in [1.54, 1.807) is 35.3 Å². The monoisotopic (exact) mass is 316 g/mol. The van der Waals surface area contributed by atoms with Crippen LogP contribution in [0.3, 0.4) is 0 Å². The molecule has 1 atom stereocenters. The number of carbonyl (C=O) groups is 2. The fourth-order valence-corrected chi connectivity index (χ4v) is 3.50. The molecule has 3 rings (SSSR count). The van der Waals surface area contributed by atoms with Crippen molar-refractivity contribution >= 4 is 29.3 Å². The average molecular weight is 316 g/mol. The molecule has 1 aliphatic rings. The third-order valence-electron chi connectivity index (χ3n) is 3.48. The summed E-state index contributed by atoms with van der Waals surface area (Å²) in [5.41, 5.74) is 1.57. The van der Waals surface area contributed by atoms with Gasteiger partial charge in [-0.2, -0.15) is 0 Å². The Hall–Kier alpha value is -2.21. The molecule has 1 unspecified atom stereocenters. The van der Waals surface area contributed by atoms with Gasteiger partial charge in [-0.1, -0.05) is 18.2 Å². The number of hydrogen-bond acceptors (Lipinski definition) is 4. The molecule has 0 saturated carbocycles. The summed E-state index contributed by atoms with van der Waals surface area (Å²) in [6, 6.07) is 10.6. The highest BCUT2D eigenvalue weighted by Gasteiger charge is 2.34. The first-order chi connectivity index (χ1) is 10.7. The standard InChI is InChI=1S/C16H16N2O3S/c19-15(8-12-6-7-21-9-12)18-11-22-10-14(18)16(20)17-13-4-2-1-3-5-13/h1-7,9,14H,8,10-11H2,(H,17,20). The van der Waals surface area contributed by atoms with Crippen molar-refractivity contribution in [2.24, 2.45) is 0 Å². The van der Waals surface area contributed by atoms with E-state index in [1.807, 2.05) is 30.3 Å². The van der Waals surface area contributed by atoms with Crippen LogP contribution >= 0.6 is 11.8 Å². The molecule has 2 aromatic rings. The maximum absolute atomic E-state index is 12.4. The summed E-state index contributed by atoms with van der Waals surface area (Å²) < 4.78 is 4.98. The van der Waals surface area contributed by atoms with E-state index in [4.69, 9.17) is 4.42 Å². The van der Waals surface area contributed by atoms with Crippen LogP contribution in [-0.4, -0.2) is 34.4 Å². The minimum atomic E-state index is -0.426. The van der Waals surface area contributed by atoms with E-state index in [2.05, 4.69) is 5.32 Å². The van der Waals surface area contributed by atoms with Gasteiger partial charge in [0, 0.05) is 11.4 Å². The summed E-state index contributed by atoms with van der Waals surface area (Å²) >= 11 is 1.59. The van der Waals surface area contributed by atoms with E-state index in [0.29, 0.717) is 11.6 Å². The first-order valence-electron chi connectivity index (χ1n) is 6.98. The number of rotatable bonds is 4. The summed E-state index contributed by atoms with van der Waals surface area (Å²) in [6.07, 6.45) is 3.35. The second-order valence-electron chi connectivity index (χ2n) is 5.04. The first kappa shape index (κ1) is 14.7. The van der Waals surface area contributed by atoms with Gasteiger partial charge in [0.2, 0.25) is 11.8 Å². The topological polar surface area (TPSA) is 62.6 Å². The Labute approximate surface area is 132 Å². The number of amides is 2. The van der Waals surface area contributed by atoms with Gasteiger partial charge < -0.3 is 14.6 Å². The van der Waals surface area contributed by atoms with Crippen molar-refractivity contribution in [3.63, 3.8) is 0 Å². The molecule has 1 N–H and O–H groups in total. The van der Waals surface area contributed by atoms with E-state index in [9.17, 15) is 9.59 Å². The molecular weight excluding hydrogens is 300 g/mol. The summed E-state index contributed by atoms with van der Waals surface area (Å²) in [6.45, 7) is 0. The summed E-state index contributed by atoms with van der Waals surface area (Å²) in [4.78, 5) is 26.4. The molecule has 1 fully saturated rings. The highest BCUT2D eigenvalue weighted by molar-refractivity contribution is 7.99. The van der Waals surface area contributed by atoms with Crippen LogP contribution in [0.1, 0.15) is 5.56 Å². The molecule has 22 heavy (non-hydrogen) atoms. The van der Waals surface area contributed by atoms with Gasteiger partial charge >= 0.3 is 0 Å². The number of nitrogens with one attached hydrogen (secondary N) is 1. The minimum absolute atomic E-state index is 0.0559. The number of nitrogens with zero attached hydrogens (tertiary/aromatic N) is 1. The number of anilines is 1. The van der Waals surface area contributed by atoms with Gasteiger partial charge in [0.1, 0.15) is 6.04 Å². The molecular formula is C16H16N2O3S. The zero-order valence-electron chi connectivity index (χ0n) is 11.9. The third kappa shape index (κ3) is 3.33. The maximum Gasteiger partial charge on any atom is 0.248 e. The quantitative estimate of drug-likeness (QED) is 0.940. The predicted molar refractivity (Wildman–Crippen MR) is 85.4 cm³/mol. The van der Waals surface area contributed by atoms with E-state index in [1.165, 1.54) is 0 Å². The van der Waals surface area contributed by atoms with Crippen molar-refractivity contribution in [1.82, 2.24) is 4.90 Å². The highest BCUT2D eigenvalue weighted by atomic mass is 32.2. The van der Waals surface area contributed by atoms with Crippen molar-refractivity contribution in [3.8, 4) is 0 Å². The largest absolute Gasteiger partial charge is 0.472 e. The lowest BCUT2D eigenvalue weighted by Crippen LogP contribution is -2.45. The molecule has 0 radical (unpaired) electrons. The van der Waals surface area contributed by atoms with Gasteiger partial charge in [-0.05, 0) is 23.8 Å². The van der Waals surface area contributed by atoms with Crippen LogP contribution < -0.4 is 5.32 Å². The Morgan fingerprint density at radius 1 is 1.27 bits per heavy atom. The van der Waals surface area contributed by atoms with E-state index < -0.39 is 6.04 Å². The molecule has 1 aromatic carbocycles. The van der Waals surface area contributed by atoms with Crippen LogP contribution in [0.15, 0.2) is 53.3 Å². The lowest BCUT2D eigenvalue weighted by molar-refractivity contribution is -0.135. The summed E-state index contributed by atoms with van der Waals surface area (Å²) in [5, 5.41) is 2.86. The SMILES string of the molecule is O=C(Nc1ccccc1)C1CSCN1C(=O)Cc1ccoc1. The molecule has 1 aliphatic heterocycles. The zero-order valence-corrected chi connectivity index (χ0v) is 12.7. The van der Waals surface area contributed by atoms with E-state index >= 15 is 0 Å². The Morgan fingerprint density at radius 2 is 2.09 bits per heavy atom.